The van der Waals surface area contributed by atoms with E-state index in [9.17, 15) is 18.0 Å². The number of amides is 2. The molecule has 1 aromatic heterocycles. The smallest absolute Gasteiger partial charge is 0.237 e. The summed E-state index contributed by atoms with van der Waals surface area (Å²) >= 11 is 1.58. The summed E-state index contributed by atoms with van der Waals surface area (Å²) in [5.74, 6) is 0.119. The molecule has 2 aromatic rings. The van der Waals surface area contributed by atoms with Gasteiger partial charge in [-0.15, -0.1) is 11.3 Å². The summed E-state index contributed by atoms with van der Waals surface area (Å²) in [5, 5.41) is 4.93. The van der Waals surface area contributed by atoms with Gasteiger partial charge in [0.1, 0.15) is 0 Å². The van der Waals surface area contributed by atoms with Gasteiger partial charge in [-0.2, -0.15) is 0 Å². The third kappa shape index (κ3) is 5.96. The zero-order chi connectivity index (χ0) is 22.6. The van der Waals surface area contributed by atoms with Crippen LogP contribution in [0.1, 0.15) is 24.1 Å². The first kappa shape index (κ1) is 22.9. The molecular weight excluding hydrogens is 446 g/mol. The van der Waals surface area contributed by atoms with Gasteiger partial charge in [0.15, 0.2) is 9.84 Å². The van der Waals surface area contributed by atoms with Crippen LogP contribution in [-0.2, 0) is 26.0 Å². The number of carbonyl (C=O) groups excluding carboxylic acids is 2. The minimum Gasteiger partial charge on any atom is -0.332 e. The molecule has 0 radical (unpaired) electrons. The normalized spacial score (nSPS) is 21.3. The molecule has 0 bridgehead atoms. The van der Waals surface area contributed by atoms with Crippen LogP contribution in [0.4, 0.5) is 5.69 Å². The van der Waals surface area contributed by atoms with Crippen LogP contribution in [0.5, 0.6) is 0 Å². The van der Waals surface area contributed by atoms with Crippen LogP contribution in [0.2, 0.25) is 0 Å². The number of piperidine rings is 1. The molecule has 2 amide bonds. The second kappa shape index (κ2) is 10.1. The Balaban J connectivity index is 1.32. The van der Waals surface area contributed by atoms with E-state index >= 15 is 0 Å². The van der Waals surface area contributed by atoms with Crippen molar-refractivity contribution in [2.45, 2.75) is 31.8 Å². The highest BCUT2D eigenvalue weighted by atomic mass is 32.2. The van der Waals surface area contributed by atoms with E-state index in [-0.39, 0.29) is 41.8 Å². The van der Waals surface area contributed by atoms with Gasteiger partial charge in [0, 0.05) is 22.5 Å². The minimum atomic E-state index is -3.08. The van der Waals surface area contributed by atoms with Crippen molar-refractivity contribution in [2.75, 3.05) is 36.5 Å². The highest BCUT2D eigenvalue weighted by Gasteiger charge is 2.36. The fourth-order valence-electron chi connectivity index (χ4n) is 4.41. The lowest BCUT2D eigenvalue weighted by molar-refractivity contribution is -0.135. The highest BCUT2D eigenvalue weighted by Crippen LogP contribution is 2.24. The molecule has 2 aliphatic rings. The van der Waals surface area contributed by atoms with Gasteiger partial charge in [-0.1, -0.05) is 24.3 Å². The van der Waals surface area contributed by atoms with Gasteiger partial charge in [-0.3, -0.25) is 14.5 Å². The fourth-order valence-corrected chi connectivity index (χ4v) is 6.85. The van der Waals surface area contributed by atoms with E-state index in [4.69, 9.17) is 0 Å². The number of hydrogen-bond donors (Lipinski definition) is 1. The second-order valence-corrected chi connectivity index (χ2v) is 11.8. The topological polar surface area (TPSA) is 86.8 Å². The number of carbonyl (C=O) groups is 2. The average molecular weight is 476 g/mol. The summed E-state index contributed by atoms with van der Waals surface area (Å²) in [5.41, 5.74) is 0.797. The van der Waals surface area contributed by atoms with E-state index in [1.807, 2.05) is 47.8 Å². The summed E-state index contributed by atoms with van der Waals surface area (Å²) < 4.78 is 24.0. The van der Waals surface area contributed by atoms with Crippen molar-refractivity contribution in [3.8, 4) is 0 Å². The van der Waals surface area contributed by atoms with E-state index in [0.29, 0.717) is 38.9 Å². The van der Waals surface area contributed by atoms with Gasteiger partial charge in [0.2, 0.25) is 11.8 Å². The predicted octanol–water partition coefficient (Wildman–Crippen LogP) is 2.61. The van der Waals surface area contributed by atoms with Crippen LogP contribution < -0.4 is 5.32 Å². The molecule has 32 heavy (non-hydrogen) atoms. The van der Waals surface area contributed by atoms with Gasteiger partial charge in [0.25, 0.3) is 0 Å². The van der Waals surface area contributed by atoms with E-state index in [2.05, 4.69) is 10.2 Å². The Morgan fingerprint density at radius 3 is 2.44 bits per heavy atom. The number of nitrogens with zero attached hydrogens (tertiary/aromatic N) is 2. The molecule has 1 atom stereocenters. The van der Waals surface area contributed by atoms with Gasteiger partial charge >= 0.3 is 0 Å². The summed E-state index contributed by atoms with van der Waals surface area (Å²) in [6, 6.07) is 13.1. The summed E-state index contributed by atoms with van der Waals surface area (Å²) in [6.07, 6.45) is 1.91. The highest BCUT2D eigenvalue weighted by molar-refractivity contribution is 7.91. The lowest BCUT2D eigenvalue weighted by Crippen LogP contribution is -2.48. The molecule has 1 unspecified atom stereocenters. The maximum atomic E-state index is 13.2. The molecule has 9 heteroatoms. The zero-order valence-electron chi connectivity index (χ0n) is 18.0. The molecule has 4 rings (SSSR count). The Morgan fingerprint density at radius 1 is 1.06 bits per heavy atom. The Bertz CT molecular complexity index is 1020. The largest absolute Gasteiger partial charge is 0.332 e. The molecule has 2 aliphatic heterocycles. The molecule has 0 spiro atoms. The standard InChI is InChI=1S/C23H29N3O4S2/c27-22(26(15-21-7-4-13-31-21)20-10-14-32(29,30)17-20)16-25-11-8-18(9-12-25)23(28)24-19-5-2-1-3-6-19/h1-7,13,18,20H,8-12,14-17H2,(H,24,28). The predicted molar refractivity (Wildman–Crippen MR) is 126 cm³/mol. The Morgan fingerprint density at radius 2 is 1.81 bits per heavy atom. The van der Waals surface area contributed by atoms with Crippen molar-refractivity contribution < 1.29 is 18.0 Å². The van der Waals surface area contributed by atoms with E-state index < -0.39 is 9.84 Å². The first-order valence-electron chi connectivity index (χ1n) is 11.0. The Kier molecular flexibility index (Phi) is 7.27. The van der Waals surface area contributed by atoms with E-state index in [1.165, 1.54) is 0 Å². The van der Waals surface area contributed by atoms with Crippen LogP contribution in [0.3, 0.4) is 0 Å². The molecule has 1 N–H and O–H groups in total. The van der Waals surface area contributed by atoms with Crippen molar-refractivity contribution >= 4 is 38.7 Å². The van der Waals surface area contributed by atoms with Crippen LogP contribution in [0, 0.1) is 5.92 Å². The van der Waals surface area contributed by atoms with Gasteiger partial charge in [-0.05, 0) is 55.9 Å². The lowest BCUT2D eigenvalue weighted by Gasteiger charge is -2.34. The third-order valence-corrected chi connectivity index (χ3v) is 8.85. The number of nitrogens with one attached hydrogen (secondary N) is 1. The maximum absolute atomic E-state index is 13.2. The van der Waals surface area contributed by atoms with Crippen molar-refractivity contribution in [3.63, 3.8) is 0 Å². The lowest BCUT2D eigenvalue weighted by atomic mass is 9.95. The van der Waals surface area contributed by atoms with Crippen LogP contribution in [0.25, 0.3) is 0 Å². The molecular formula is C23H29N3O4S2. The van der Waals surface area contributed by atoms with Gasteiger partial charge < -0.3 is 10.2 Å². The number of likely N-dealkylation sites (tertiary alicyclic amines) is 1. The minimum absolute atomic E-state index is 0.0256. The molecule has 172 valence electrons. The molecule has 2 fully saturated rings. The summed E-state index contributed by atoms with van der Waals surface area (Å²) in [4.78, 5) is 30.7. The first-order valence-corrected chi connectivity index (χ1v) is 13.7. The molecule has 7 nitrogen and oxygen atoms in total. The second-order valence-electron chi connectivity index (χ2n) is 8.56. The molecule has 2 saturated heterocycles. The molecule has 3 heterocycles. The summed E-state index contributed by atoms with van der Waals surface area (Å²) in [7, 11) is -3.08. The van der Waals surface area contributed by atoms with Crippen molar-refractivity contribution in [1.82, 2.24) is 9.80 Å². The number of hydrogen-bond acceptors (Lipinski definition) is 6. The van der Waals surface area contributed by atoms with Crippen LogP contribution in [0.15, 0.2) is 47.8 Å². The number of thiophene rings is 1. The number of rotatable bonds is 7. The number of sulfone groups is 1. The average Bonchev–Trinajstić information content (AvgIpc) is 3.42. The maximum Gasteiger partial charge on any atom is 0.237 e. The summed E-state index contributed by atoms with van der Waals surface area (Å²) in [6.45, 7) is 2.06. The zero-order valence-corrected chi connectivity index (χ0v) is 19.6. The van der Waals surface area contributed by atoms with E-state index in [0.717, 1.165) is 10.6 Å². The quantitative estimate of drug-likeness (QED) is 0.665. The number of anilines is 1. The van der Waals surface area contributed by atoms with Crippen molar-refractivity contribution in [1.29, 1.82) is 0 Å². The van der Waals surface area contributed by atoms with Crippen molar-refractivity contribution in [2.24, 2.45) is 5.92 Å². The molecule has 0 saturated carbocycles. The van der Waals surface area contributed by atoms with Gasteiger partial charge in [-0.25, -0.2) is 8.42 Å². The van der Waals surface area contributed by atoms with E-state index in [1.54, 1.807) is 16.2 Å². The number of benzene rings is 1. The Labute approximate surface area is 193 Å². The third-order valence-electron chi connectivity index (χ3n) is 6.23. The Hall–Kier alpha value is -2.23. The van der Waals surface area contributed by atoms with Crippen molar-refractivity contribution in [3.05, 3.63) is 52.7 Å². The first-order chi connectivity index (χ1) is 15.4. The molecule has 0 aliphatic carbocycles. The monoisotopic (exact) mass is 475 g/mol. The van der Waals surface area contributed by atoms with Crippen LogP contribution in [-0.4, -0.2) is 67.2 Å². The number of para-hydroxylation sites is 1. The fraction of sp³-hybridized carbons (Fsp3) is 0.478. The SMILES string of the molecule is O=C(Nc1ccccc1)C1CCN(CC(=O)N(Cc2cccs2)C2CCS(=O)(=O)C2)CC1. The van der Waals surface area contributed by atoms with Crippen LogP contribution >= 0.6 is 11.3 Å². The van der Waals surface area contributed by atoms with Gasteiger partial charge in [0.05, 0.1) is 24.6 Å². The molecule has 1 aromatic carbocycles.